The van der Waals surface area contributed by atoms with Crippen LogP contribution in [0, 0.1) is 0 Å². The van der Waals surface area contributed by atoms with Crippen LogP contribution in [0.15, 0.2) is 48.5 Å². The van der Waals surface area contributed by atoms with Crippen LogP contribution in [0.4, 0.5) is 5.69 Å². The molecule has 3 amide bonds. The Hall–Kier alpha value is -3.19. The van der Waals surface area contributed by atoms with Crippen LogP contribution in [-0.4, -0.2) is 40.7 Å². The van der Waals surface area contributed by atoms with Crippen LogP contribution < -0.4 is 9.64 Å². The molecule has 0 bridgehead atoms. The predicted octanol–water partition coefficient (Wildman–Crippen LogP) is 4.69. The second kappa shape index (κ2) is 11.0. The number of hydrogen-bond acceptors (Lipinski definition) is 5. The molecule has 1 heterocycles. The standard InChI is InChI=1S/C27H29ClN2O5/c1-18(31)35-23-14-12-22(13-15-23)30-26(33)17-24(27(30)34)29(21-6-4-2-3-5-7-21)25(32)16-19-8-10-20(28)11-9-19/h8-15,21,24H,2-7,16-17H2,1H3. The number of carbonyl (C=O) groups excluding carboxylic acids is 4. The minimum absolute atomic E-state index is 0.0482. The van der Waals surface area contributed by atoms with Gasteiger partial charge in [0.25, 0.3) is 5.91 Å². The third kappa shape index (κ3) is 5.90. The van der Waals surface area contributed by atoms with E-state index in [2.05, 4.69) is 0 Å². The number of carbonyl (C=O) groups is 4. The van der Waals surface area contributed by atoms with Crippen molar-refractivity contribution >= 4 is 41.0 Å². The highest BCUT2D eigenvalue weighted by Gasteiger charge is 2.46. The number of benzene rings is 2. The van der Waals surface area contributed by atoms with Crippen molar-refractivity contribution in [3.8, 4) is 5.75 Å². The zero-order valence-corrected chi connectivity index (χ0v) is 20.5. The summed E-state index contributed by atoms with van der Waals surface area (Å²) in [5.74, 6) is -1.03. The van der Waals surface area contributed by atoms with Crippen molar-refractivity contribution in [3.05, 3.63) is 59.1 Å². The van der Waals surface area contributed by atoms with Crippen LogP contribution in [0.25, 0.3) is 0 Å². The van der Waals surface area contributed by atoms with Crippen molar-refractivity contribution in [2.45, 2.75) is 70.4 Å². The van der Waals surface area contributed by atoms with E-state index in [9.17, 15) is 19.2 Å². The van der Waals surface area contributed by atoms with Gasteiger partial charge in [-0.1, -0.05) is 49.4 Å². The van der Waals surface area contributed by atoms with Crippen LogP contribution in [0.1, 0.15) is 57.4 Å². The molecule has 1 aliphatic carbocycles. The molecule has 1 saturated carbocycles. The van der Waals surface area contributed by atoms with Crippen molar-refractivity contribution in [2.75, 3.05) is 4.90 Å². The monoisotopic (exact) mass is 496 g/mol. The fourth-order valence-corrected chi connectivity index (χ4v) is 5.10. The summed E-state index contributed by atoms with van der Waals surface area (Å²) < 4.78 is 5.04. The Bertz CT molecular complexity index is 1090. The summed E-state index contributed by atoms with van der Waals surface area (Å²) in [5, 5.41) is 0.591. The zero-order chi connectivity index (χ0) is 24.9. The minimum atomic E-state index is -0.835. The summed E-state index contributed by atoms with van der Waals surface area (Å²) in [6.07, 6.45) is 5.93. The van der Waals surface area contributed by atoms with Gasteiger partial charge in [-0.2, -0.15) is 0 Å². The van der Waals surface area contributed by atoms with E-state index >= 15 is 0 Å². The summed E-state index contributed by atoms with van der Waals surface area (Å²) in [4.78, 5) is 54.2. The predicted molar refractivity (Wildman–Crippen MR) is 132 cm³/mol. The first-order chi connectivity index (χ1) is 16.8. The van der Waals surface area contributed by atoms with Crippen LogP contribution in [-0.2, 0) is 25.6 Å². The molecular weight excluding hydrogens is 468 g/mol. The van der Waals surface area contributed by atoms with E-state index in [0.29, 0.717) is 16.5 Å². The molecule has 8 heteroatoms. The second-order valence-electron chi connectivity index (χ2n) is 9.12. The Morgan fingerprint density at radius 2 is 1.60 bits per heavy atom. The van der Waals surface area contributed by atoms with Crippen molar-refractivity contribution in [1.29, 1.82) is 0 Å². The Labute approximate surface area is 210 Å². The number of rotatable bonds is 6. The smallest absolute Gasteiger partial charge is 0.308 e. The molecule has 7 nitrogen and oxygen atoms in total. The van der Waals surface area contributed by atoms with E-state index in [-0.39, 0.29) is 30.7 Å². The summed E-state index contributed by atoms with van der Waals surface area (Å²) in [5.41, 5.74) is 1.21. The van der Waals surface area contributed by atoms with Gasteiger partial charge in [0.1, 0.15) is 11.8 Å². The molecule has 4 rings (SSSR count). The minimum Gasteiger partial charge on any atom is -0.427 e. The molecule has 35 heavy (non-hydrogen) atoms. The van der Waals surface area contributed by atoms with Crippen molar-refractivity contribution in [3.63, 3.8) is 0 Å². The Balaban J connectivity index is 1.59. The van der Waals surface area contributed by atoms with E-state index in [1.54, 1.807) is 41.3 Å². The molecule has 0 N–H and O–H groups in total. The highest BCUT2D eigenvalue weighted by molar-refractivity contribution is 6.30. The number of anilines is 1. The van der Waals surface area contributed by atoms with E-state index in [4.69, 9.17) is 16.3 Å². The highest BCUT2D eigenvalue weighted by atomic mass is 35.5. The van der Waals surface area contributed by atoms with Gasteiger partial charge in [-0.15, -0.1) is 0 Å². The van der Waals surface area contributed by atoms with E-state index in [1.807, 2.05) is 12.1 Å². The average molecular weight is 497 g/mol. The van der Waals surface area contributed by atoms with Gasteiger partial charge in [0, 0.05) is 18.0 Å². The molecule has 1 atom stereocenters. The summed E-state index contributed by atoms with van der Waals surface area (Å²) >= 11 is 5.99. The highest BCUT2D eigenvalue weighted by Crippen LogP contribution is 2.32. The Morgan fingerprint density at radius 3 is 2.20 bits per heavy atom. The third-order valence-corrected chi connectivity index (χ3v) is 6.84. The fraction of sp³-hybridized carbons (Fsp3) is 0.407. The number of amides is 3. The largest absolute Gasteiger partial charge is 0.427 e. The van der Waals surface area contributed by atoms with Gasteiger partial charge in [-0.3, -0.25) is 19.2 Å². The van der Waals surface area contributed by atoms with Gasteiger partial charge in [-0.05, 0) is 54.8 Å². The summed E-state index contributed by atoms with van der Waals surface area (Å²) in [6.45, 7) is 1.30. The lowest BCUT2D eigenvalue weighted by Crippen LogP contribution is -2.51. The normalized spacial score (nSPS) is 18.9. The van der Waals surface area contributed by atoms with Crippen LogP contribution in [0.2, 0.25) is 5.02 Å². The molecule has 2 aliphatic rings. The lowest BCUT2D eigenvalue weighted by atomic mass is 10.0. The molecular formula is C27H29ClN2O5. The van der Waals surface area contributed by atoms with Crippen LogP contribution in [0.5, 0.6) is 5.75 Å². The van der Waals surface area contributed by atoms with Crippen LogP contribution in [0.3, 0.4) is 0 Å². The summed E-state index contributed by atoms with van der Waals surface area (Å²) in [7, 11) is 0. The molecule has 1 saturated heterocycles. The van der Waals surface area contributed by atoms with Gasteiger partial charge in [0.15, 0.2) is 0 Å². The average Bonchev–Trinajstić information content (AvgIpc) is 2.97. The van der Waals surface area contributed by atoms with E-state index < -0.39 is 17.9 Å². The van der Waals surface area contributed by atoms with Crippen molar-refractivity contribution in [1.82, 2.24) is 4.90 Å². The number of halogens is 1. The molecule has 2 fully saturated rings. The Kier molecular flexibility index (Phi) is 7.86. The number of hydrogen-bond donors (Lipinski definition) is 0. The maximum atomic E-state index is 13.6. The zero-order valence-electron chi connectivity index (χ0n) is 19.7. The molecule has 0 radical (unpaired) electrons. The van der Waals surface area contributed by atoms with Gasteiger partial charge in [0.05, 0.1) is 18.5 Å². The molecule has 1 aliphatic heterocycles. The van der Waals surface area contributed by atoms with Crippen LogP contribution >= 0.6 is 11.6 Å². The SMILES string of the molecule is CC(=O)Oc1ccc(N2C(=O)CC(N(C(=O)Cc3ccc(Cl)cc3)C3CCCCCC3)C2=O)cc1. The Morgan fingerprint density at radius 1 is 0.971 bits per heavy atom. The van der Waals surface area contributed by atoms with Crippen molar-refractivity contribution < 1.29 is 23.9 Å². The molecule has 184 valence electrons. The number of ether oxygens (including phenoxy) is 1. The molecule has 2 aromatic rings. The topological polar surface area (TPSA) is 84.0 Å². The van der Waals surface area contributed by atoms with Gasteiger partial charge in [-0.25, -0.2) is 4.90 Å². The quantitative estimate of drug-likeness (QED) is 0.251. The van der Waals surface area contributed by atoms with Gasteiger partial charge >= 0.3 is 5.97 Å². The molecule has 1 unspecified atom stereocenters. The van der Waals surface area contributed by atoms with Gasteiger partial charge in [0.2, 0.25) is 11.8 Å². The van der Waals surface area contributed by atoms with Crippen molar-refractivity contribution in [2.24, 2.45) is 0 Å². The summed E-state index contributed by atoms with van der Waals surface area (Å²) in [6, 6.07) is 12.4. The van der Waals surface area contributed by atoms with E-state index in [1.165, 1.54) is 6.92 Å². The molecule has 0 spiro atoms. The molecule has 0 aromatic heterocycles. The maximum Gasteiger partial charge on any atom is 0.308 e. The third-order valence-electron chi connectivity index (χ3n) is 6.59. The first kappa shape index (κ1) is 24.9. The fourth-order valence-electron chi connectivity index (χ4n) is 4.97. The first-order valence-electron chi connectivity index (χ1n) is 12.0. The molecule has 2 aromatic carbocycles. The lowest BCUT2D eigenvalue weighted by molar-refractivity contribution is -0.140. The first-order valence-corrected chi connectivity index (χ1v) is 12.4. The van der Waals surface area contributed by atoms with Gasteiger partial charge < -0.3 is 9.64 Å². The number of nitrogens with zero attached hydrogens (tertiary/aromatic N) is 2. The second-order valence-corrected chi connectivity index (χ2v) is 9.56. The number of imide groups is 1. The number of esters is 1. The van der Waals surface area contributed by atoms with E-state index in [0.717, 1.165) is 49.0 Å². The maximum absolute atomic E-state index is 13.6. The lowest BCUT2D eigenvalue weighted by Gasteiger charge is -2.35.